The molecule has 0 radical (unpaired) electrons. The first kappa shape index (κ1) is 17.9. The lowest BCUT2D eigenvalue weighted by Crippen LogP contribution is -2.34. The van der Waals surface area contributed by atoms with Gasteiger partial charge in [-0.2, -0.15) is 9.29 Å². The minimum atomic E-state index is -3.86. The second-order valence-corrected chi connectivity index (χ2v) is 8.76. The molecule has 11 heteroatoms. The van der Waals surface area contributed by atoms with Crippen molar-refractivity contribution < 1.29 is 18.0 Å². The Kier molecular flexibility index (Phi) is 3.81. The minimum absolute atomic E-state index is 0.0126. The number of nitrogens with zero attached hydrogens (tertiary/aromatic N) is 5. The SMILES string of the molecule is Cc1noc([C@@]2(O)CCN(S(=O)(=O)c3ccc4c(c3)n(C)c(=O)n4C)C2)n1. The molecule has 2 aromatic heterocycles. The van der Waals surface area contributed by atoms with Gasteiger partial charge in [0.2, 0.25) is 10.0 Å². The van der Waals surface area contributed by atoms with Crippen LogP contribution in [0.15, 0.2) is 32.4 Å². The van der Waals surface area contributed by atoms with Crippen molar-refractivity contribution in [2.45, 2.75) is 23.8 Å². The van der Waals surface area contributed by atoms with Crippen LogP contribution in [0.1, 0.15) is 18.1 Å². The van der Waals surface area contributed by atoms with Crippen molar-refractivity contribution in [3.05, 3.63) is 40.4 Å². The number of imidazole rings is 1. The number of aryl methyl sites for hydroxylation is 3. The maximum Gasteiger partial charge on any atom is 0.328 e. The predicted octanol–water partition coefficient (Wildman–Crippen LogP) is -0.149. The number of β-amino-alcohol motifs (C(OH)–C–C–N with tert-alkyl or cyclic N) is 1. The highest BCUT2D eigenvalue weighted by Gasteiger charge is 2.46. The third kappa shape index (κ3) is 2.61. The molecule has 0 amide bonds. The van der Waals surface area contributed by atoms with Gasteiger partial charge in [-0.1, -0.05) is 5.16 Å². The van der Waals surface area contributed by atoms with E-state index in [4.69, 9.17) is 4.52 Å². The largest absolute Gasteiger partial charge is 0.379 e. The van der Waals surface area contributed by atoms with E-state index in [2.05, 4.69) is 10.1 Å². The smallest absolute Gasteiger partial charge is 0.328 e. The van der Waals surface area contributed by atoms with Gasteiger partial charge in [-0.05, 0) is 25.1 Å². The van der Waals surface area contributed by atoms with Crippen molar-refractivity contribution in [3.63, 3.8) is 0 Å². The van der Waals surface area contributed by atoms with E-state index in [9.17, 15) is 18.3 Å². The van der Waals surface area contributed by atoms with E-state index in [0.29, 0.717) is 16.9 Å². The third-order valence-electron chi connectivity index (χ3n) is 5.02. The molecule has 1 aliphatic rings. The molecule has 0 aliphatic carbocycles. The molecule has 0 spiro atoms. The van der Waals surface area contributed by atoms with E-state index in [1.54, 1.807) is 27.1 Å². The van der Waals surface area contributed by atoms with Gasteiger partial charge in [-0.15, -0.1) is 0 Å². The van der Waals surface area contributed by atoms with Gasteiger partial charge in [0.05, 0.1) is 22.5 Å². The van der Waals surface area contributed by atoms with E-state index in [1.165, 1.54) is 25.6 Å². The first-order valence-electron chi connectivity index (χ1n) is 8.32. The fourth-order valence-corrected chi connectivity index (χ4v) is 4.94. The van der Waals surface area contributed by atoms with E-state index in [-0.39, 0.29) is 36.0 Å². The fraction of sp³-hybridized carbons (Fsp3) is 0.438. The maximum atomic E-state index is 13.1. The Hall–Kier alpha value is -2.50. The molecule has 144 valence electrons. The van der Waals surface area contributed by atoms with Crippen LogP contribution < -0.4 is 5.69 Å². The van der Waals surface area contributed by atoms with Crippen LogP contribution >= 0.6 is 0 Å². The average Bonchev–Trinajstić information content (AvgIpc) is 3.31. The van der Waals surface area contributed by atoms with Crippen LogP contribution in [0.3, 0.4) is 0 Å². The molecule has 1 atom stereocenters. The molecule has 0 saturated carbocycles. The summed E-state index contributed by atoms with van der Waals surface area (Å²) in [6.07, 6.45) is 0.153. The normalized spacial score (nSPS) is 21.3. The molecule has 1 aliphatic heterocycles. The third-order valence-corrected chi connectivity index (χ3v) is 6.86. The zero-order valence-electron chi connectivity index (χ0n) is 15.1. The van der Waals surface area contributed by atoms with Crippen molar-refractivity contribution >= 4 is 21.1 Å². The number of rotatable bonds is 3. The zero-order chi connectivity index (χ0) is 19.6. The van der Waals surface area contributed by atoms with Gasteiger partial charge in [0.1, 0.15) is 0 Å². The molecule has 1 N–H and O–H groups in total. The van der Waals surface area contributed by atoms with Gasteiger partial charge in [0, 0.05) is 27.1 Å². The summed E-state index contributed by atoms with van der Waals surface area (Å²) in [6.45, 7) is 1.56. The van der Waals surface area contributed by atoms with Crippen molar-refractivity contribution in [2.75, 3.05) is 13.1 Å². The first-order chi connectivity index (χ1) is 12.6. The molecule has 4 rings (SSSR count). The minimum Gasteiger partial charge on any atom is -0.379 e. The summed E-state index contributed by atoms with van der Waals surface area (Å²) >= 11 is 0. The van der Waals surface area contributed by atoms with Crippen molar-refractivity contribution in [2.24, 2.45) is 14.1 Å². The Bertz CT molecular complexity index is 1210. The number of hydrogen-bond acceptors (Lipinski definition) is 7. The summed E-state index contributed by atoms with van der Waals surface area (Å²) in [5.74, 6) is 0.383. The number of benzene rings is 1. The molecule has 1 fully saturated rings. The van der Waals surface area contributed by atoms with Crippen LogP contribution in [0.2, 0.25) is 0 Å². The Morgan fingerprint density at radius 3 is 2.59 bits per heavy atom. The van der Waals surface area contributed by atoms with Crippen LogP contribution in [0.4, 0.5) is 0 Å². The number of sulfonamides is 1. The van der Waals surface area contributed by atoms with Crippen molar-refractivity contribution in [1.29, 1.82) is 0 Å². The highest BCUT2D eigenvalue weighted by molar-refractivity contribution is 7.89. The molecule has 3 heterocycles. The van der Waals surface area contributed by atoms with E-state index in [0.717, 1.165) is 0 Å². The second-order valence-electron chi connectivity index (χ2n) is 6.82. The van der Waals surface area contributed by atoms with Gasteiger partial charge in [-0.3, -0.25) is 9.13 Å². The number of fused-ring (bicyclic) bond motifs is 1. The zero-order valence-corrected chi connectivity index (χ0v) is 15.9. The molecular formula is C16H19N5O5S. The highest BCUT2D eigenvalue weighted by atomic mass is 32.2. The van der Waals surface area contributed by atoms with Crippen molar-refractivity contribution in [3.8, 4) is 0 Å². The Balaban J connectivity index is 1.71. The molecule has 10 nitrogen and oxygen atoms in total. The number of aliphatic hydroxyl groups is 1. The lowest BCUT2D eigenvalue weighted by Gasteiger charge is -2.19. The lowest BCUT2D eigenvalue weighted by molar-refractivity contribution is 0.0194. The number of aromatic nitrogens is 4. The monoisotopic (exact) mass is 393 g/mol. The molecule has 27 heavy (non-hydrogen) atoms. The number of hydrogen-bond donors (Lipinski definition) is 1. The summed E-state index contributed by atoms with van der Waals surface area (Å²) in [6, 6.07) is 4.54. The molecular weight excluding hydrogens is 374 g/mol. The van der Waals surface area contributed by atoms with Crippen LogP contribution in [-0.2, 0) is 29.7 Å². The average molecular weight is 393 g/mol. The van der Waals surface area contributed by atoms with Crippen LogP contribution in [0, 0.1) is 6.92 Å². The van der Waals surface area contributed by atoms with E-state index in [1.807, 2.05) is 0 Å². The summed E-state index contributed by atoms with van der Waals surface area (Å²) in [5.41, 5.74) is -0.592. The first-order valence-corrected chi connectivity index (χ1v) is 9.76. The summed E-state index contributed by atoms with van der Waals surface area (Å²) in [5, 5.41) is 14.4. The van der Waals surface area contributed by atoms with Crippen LogP contribution in [0.5, 0.6) is 0 Å². The maximum absolute atomic E-state index is 13.1. The summed E-state index contributed by atoms with van der Waals surface area (Å²) in [7, 11) is -0.642. The Labute approximate surface area is 154 Å². The van der Waals surface area contributed by atoms with Gasteiger partial charge < -0.3 is 9.63 Å². The van der Waals surface area contributed by atoms with Crippen molar-refractivity contribution in [1.82, 2.24) is 23.6 Å². The quantitative estimate of drug-likeness (QED) is 0.656. The second kappa shape index (κ2) is 5.75. The van der Waals surface area contributed by atoms with Gasteiger partial charge >= 0.3 is 5.69 Å². The Morgan fingerprint density at radius 2 is 1.93 bits per heavy atom. The van der Waals surface area contributed by atoms with Gasteiger partial charge in [-0.25, -0.2) is 13.2 Å². The van der Waals surface area contributed by atoms with E-state index < -0.39 is 15.6 Å². The standard InChI is InChI=1S/C16H19N5O5S/c1-10-17-14(26-18-10)16(23)6-7-21(9-16)27(24,25)11-4-5-12-13(8-11)20(3)15(22)19(12)2/h4-5,8,23H,6-7,9H2,1-3H3/t16-/m1/s1. The molecule has 1 saturated heterocycles. The molecule has 0 unspecified atom stereocenters. The highest BCUT2D eigenvalue weighted by Crippen LogP contribution is 2.34. The summed E-state index contributed by atoms with van der Waals surface area (Å²) < 4.78 is 35.2. The molecule has 1 aromatic carbocycles. The fourth-order valence-electron chi connectivity index (χ4n) is 3.42. The van der Waals surface area contributed by atoms with Crippen LogP contribution in [0.25, 0.3) is 11.0 Å². The topological polar surface area (TPSA) is 123 Å². The van der Waals surface area contributed by atoms with Gasteiger partial charge in [0.15, 0.2) is 11.4 Å². The lowest BCUT2D eigenvalue weighted by atomic mass is 10.0. The van der Waals surface area contributed by atoms with Crippen LogP contribution in [-0.4, -0.2) is 50.2 Å². The Morgan fingerprint density at radius 1 is 1.22 bits per heavy atom. The molecule has 0 bridgehead atoms. The predicted molar refractivity (Wildman–Crippen MR) is 94.5 cm³/mol. The van der Waals surface area contributed by atoms with Gasteiger partial charge in [0.25, 0.3) is 5.89 Å². The summed E-state index contributed by atoms with van der Waals surface area (Å²) in [4.78, 5) is 16.1. The molecule has 3 aromatic rings. The van der Waals surface area contributed by atoms with E-state index >= 15 is 0 Å².